The summed E-state index contributed by atoms with van der Waals surface area (Å²) < 4.78 is 10.5. The van der Waals surface area contributed by atoms with E-state index in [-0.39, 0.29) is 11.2 Å². The molecule has 29 heavy (non-hydrogen) atoms. The van der Waals surface area contributed by atoms with Crippen LogP contribution in [0.4, 0.5) is 5.82 Å². The van der Waals surface area contributed by atoms with E-state index in [2.05, 4.69) is 15.3 Å². The summed E-state index contributed by atoms with van der Waals surface area (Å²) >= 11 is 2.88. The molecule has 2 heterocycles. The molecule has 1 amide bonds. The lowest BCUT2D eigenvalue weighted by Crippen LogP contribution is -2.30. The molecule has 0 saturated carbocycles. The maximum atomic E-state index is 12.5. The number of carbonyl (C=O) groups is 1. The lowest BCUT2D eigenvalue weighted by Gasteiger charge is -2.13. The van der Waals surface area contributed by atoms with E-state index < -0.39 is 0 Å². The zero-order chi connectivity index (χ0) is 21.1. The highest BCUT2D eigenvalue weighted by molar-refractivity contribution is 8.00. The number of nitrogens with two attached hydrogens (primary N) is 1. The molecule has 0 spiro atoms. The third kappa shape index (κ3) is 4.56. The second-order valence-electron chi connectivity index (χ2n) is 6.52. The molecule has 0 saturated heterocycles. The molecule has 0 fully saturated rings. The van der Waals surface area contributed by atoms with Gasteiger partial charge < -0.3 is 20.5 Å². The summed E-state index contributed by atoms with van der Waals surface area (Å²) in [7, 11) is 3.17. The van der Waals surface area contributed by atoms with Crippen molar-refractivity contribution in [2.75, 3.05) is 20.0 Å². The number of aryl methyl sites for hydroxylation is 2. The molecule has 1 aromatic carbocycles. The van der Waals surface area contributed by atoms with E-state index in [1.807, 2.05) is 39.0 Å². The van der Waals surface area contributed by atoms with Gasteiger partial charge in [0, 0.05) is 11.4 Å². The molecule has 0 aliphatic carbocycles. The smallest absolute Gasteiger partial charge is 0.233 e. The molecule has 3 rings (SSSR count). The minimum Gasteiger partial charge on any atom is -0.493 e. The van der Waals surface area contributed by atoms with Crippen LogP contribution in [0.1, 0.15) is 22.9 Å². The Labute approximate surface area is 178 Å². The highest BCUT2D eigenvalue weighted by atomic mass is 32.2. The number of thiophene rings is 1. The van der Waals surface area contributed by atoms with Gasteiger partial charge in [0.15, 0.2) is 16.7 Å². The highest BCUT2D eigenvalue weighted by Crippen LogP contribution is 2.34. The number of nitrogens with zero attached hydrogens (tertiary/aromatic N) is 2. The van der Waals surface area contributed by atoms with Gasteiger partial charge in [0.05, 0.1) is 24.9 Å². The van der Waals surface area contributed by atoms with E-state index in [4.69, 9.17) is 15.2 Å². The van der Waals surface area contributed by atoms with Crippen LogP contribution in [0.25, 0.3) is 10.2 Å². The number of methoxy groups -OCH3 is 2. The average molecular weight is 433 g/mol. The van der Waals surface area contributed by atoms with E-state index in [1.54, 1.807) is 25.6 Å². The predicted molar refractivity (Wildman–Crippen MR) is 118 cm³/mol. The molecule has 3 N–H and O–H groups in total. The number of nitrogen functional groups attached to an aromatic ring is 1. The van der Waals surface area contributed by atoms with Crippen LogP contribution in [0.3, 0.4) is 0 Å². The van der Waals surface area contributed by atoms with Crippen molar-refractivity contribution in [3.63, 3.8) is 0 Å². The second kappa shape index (κ2) is 8.87. The Hall–Kier alpha value is -2.52. The Bertz CT molecular complexity index is 1050. The Morgan fingerprint density at radius 1 is 1.24 bits per heavy atom. The van der Waals surface area contributed by atoms with Crippen molar-refractivity contribution >= 4 is 45.0 Å². The molecule has 0 aliphatic heterocycles. The monoisotopic (exact) mass is 432 g/mol. The quantitative estimate of drug-likeness (QED) is 0.434. The fourth-order valence-corrected chi connectivity index (χ4v) is 4.74. The molecule has 1 unspecified atom stereocenters. The number of hydrogen-bond donors (Lipinski definition) is 2. The first-order chi connectivity index (χ1) is 13.8. The van der Waals surface area contributed by atoms with Crippen LogP contribution in [0.5, 0.6) is 11.5 Å². The van der Waals surface area contributed by atoms with Crippen molar-refractivity contribution < 1.29 is 14.3 Å². The van der Waals surface area contributed by atoms with Gasteiger partial charge in [0.2, 0.25) is 5.91 Å². The summed E-state index contributed by atoms with van der Waals surface area (Å²) in [6.45, 7) is 6.27. The molecule has 0 bridgehead atoms. The second-order valence-corrected chi connectivity index (χ2v) is 9.03. The van der Waals surface area contributed by atoms with Gasteiger partial charge >= 0.3 is 0 Å². The van der Waals surface area contributed by atoms with Crippen LogP contribution in [-0.4, -0.2) is 35.3 Å². The van der Waals surface area contributed by atoms with Gasteiger partial charge in [0.25, 0.3) is 0 Å². The molecule has 9 heteroatoms. The van der Waals surface area contributed by atoms with Gasteiger partial charge in [-0.2, -0.15) is 0 Å². The largest absolute Gasteiger partial charge is 0.493 e. The summed E-state index contributed by atoms with van der Waals surface area (Å²) in [6, 6.07) is 5.55. The molecule has 7 nitrogen and oxygen atoms in total. The van der Waals surface area contributed by atoms with E-state index in [0.717, 1.165) is 21.3 Å². The molecule has 0 aliphatic rings. The minimum absolute atomic E-state index is 0.106. The number of aromatic nitrogens is 2. The predicted octanol–water partition coefficient (Wildman–Crippen LogP) is 3.70. The van der Waals surface area contributed by atoms with Gasteiger partial charge in [-0.25, -0.2) is 9.97 Å². The molecular formula is C20H24N4O3S2. The first-order valence-corrected chi connectivity index (χ1v) is 10.7. The number of anilines is 1. The number of nitrogens with one attached hydrogen (secondary N) is 1. The number of carbonyl (C=O) groups excluding carboxylic acids is 1. The summed E-state index contributed by atoms with van der Waals surface area (Å²) in [4.78, 5) is 23.5. The number of thioether (sulfide) groups is 1. The van der Waals surface area contributed by atoms with Crippen molar-refractivity contribution in [3.05, 3.63) is 34.2 Å². The van der Waals surface area contributed by atoms with Crippen LogP contribution in [0, 0.1) is 13.8 Å². The number of benzene rings is 1. The number of fused-ring (bicyclic) bond motifs is 1. The lowest BCUT2D eigenvalue weighted by atomic mass is 10.2. The third-order valence-electron chi connectivity index (χ3n) is 4.60. The molecule has 1 atom stereocenters. The fraction of sp³-hybridized carbons (Fsp3) is 0.350. The maximum Gasteiger partial charge on any atom is 0.233 e. The van der Waals surface area contributed by atoms with Gasteiger partial charge in [0.1, 0.15) is 10.6 Å². The Kier molecular flexibility index (Phi) is 6.49. The SMILES string of the molecule is COc1ccc(CNC(=O)C(C)Sc2nc(N)c3c(C)c(C)sc3n2)cc1OC. The summed E-state index contributed by atoms with van der Waals surface area (Å²) in [5.41, 5.74) is 8.16. The van der Waals surface area contributed by atoms with E-state index >= 15 is 0 Å². The molecular weight excluding hydrogens is 408 g/mol. The maximum absolute atomic E-state index is 12.5. The van der Waals surface area contributed by atoms with E-state index in [0.29, 0.717) is 29.0 Å². The third-order valence-corrected chi connectivity index (χ3v) is 6.66. The first-order valence-electron chi connectivity index (χ1n) is 9.02. The summed E-state index contributed by atoms with van der Waals surface area (Å²) in [6.07, 6.45) is 0. The molecule has 2 aromatic heterocycles. The summed E-state index contributed by atoms with van der Waals surface area (Å²) in [5, 5.41) is 3.98. The number of amides is 1. The molecule has 0 radical (unpaired) electrons. The van der Waals surface area contributed by atoms with Crippen molar-refractivity contribution in [1.29, 1.82) is 0 Å². The number of rotatable bonds is 7. The fourth-order valence-electron chi connectivity index (χ4n) is 2.85. The van der Waals surface area contributed by atoms with Crippen molar-refractivity contribution in [1.82, 2.24) is 15.3 Å². The lowest BCUT2D eigenvalue weighted by molar-refractivity contribution is -0.120. The van der Waals surface area contributed by atoms with E-state index in [9.17, 15) is 4.79 Å². The van der Waals surface area contributed by atoms with Crippen LogP contribution in [-0.2, 0) is 11.3 Å². The molecule has 154 valence electrons. The van der Waals surface area contributed by atoms with Crippen LogP contribution in [0.15, 0.2) is 23.4 Å². The zero-order valence-electron chi connectivity index (χ0n) is 17.0. The standard InChI is InChI=1S/C20H24N4O3S2/c1-10-11(2)28-19-16(10)17(21)23-20(24-19)29-12(3)18(25)22-9-13-6-7-14(26-4)15(8-13)27-5/h6-8,12H,9H2,1-5H3,(H,22,25)(H2,21,23,24). The van der Waals surface area contributed by atoms with Gasteiger partial charge in [-0.3, -0.25) is 4.79 Å². The van der Waals surface area contributed by atoms with Gasteiger partial charge in [-0.1, -0.05) is 17.8 Å². The van der Waals surface area contributed by atoms with Crippen molar-refractivity contribution in [3.8, 4) is 11.5 Å². The Morgan fingerprint density at radius 2 is 1.97 bits per heavy atom. The average Bonchev–Trinajstić information content (AvgIpc) is 2.99. The van der Waals surface area contributed by atoms with Crippen LogP contribution < -0.4 is 20.5 Å². The van der Waals surface area contributed by atoms with Crippen LogP contribution in [0.2, 0.25) is 0 Å². The Balaban J connectivity index is 1.66. The minimum atomic E-state index is -0.367. The van der Waals surface area contributed by atoms with Crippen molar-refractivity contribution in [2.45, 2.75) is 37.7 Å². The number of ether oxygens (including phenoxy) is 2. The number of hydrogen-bond acceptors (Lipinski definition) is 8. The van der Waals surface area contributed by atoms with Gasteiger partial charge in [-0.05, 0) is 44.0 Å². The van der Waals surface area contributed by atoms with Crippen molar-refractivity contribution in [2.24, 2.45) is 0 Å². The first kappa shape index (κ1) is 21.2. The Morgan fingerprint density at radius 3 is 2.66 bits per heavy atom. The van der Waals surface area contributed by atoms with Gasteiger partial charge in [-0.15, -0.1) is 11.3 Å². The normalized spacial score (nSPS) is 12.0. The zero-order valence-corrected chi connectivity index (χ0v) is 18.7. The molecule has 3 aromatic rings. The van der Waals surface area contributed by atoms with Crippen LogP contribution >= 0.6 is 23.1 Å². The topological polar surface area (TPSA) is 99.4 Å². The van der Waals surface area contributed by atoms with E-state index in [1.165, 1.54) is 16.6 Å². The highest BCUT2D eigenvalue weighted by Gasteiger charge is 2.19. The summed E-state index contributed by atoms with van der Waals surface area (Å²) in [5.74, 6) is 1.62.